The van der Waals surface area contributed by atoms with E-state index in [1.807, 2.05) is 5.32 Å². The predicted octanol–water partition coefficient (Wildman–Crippen LogP) is 0.360. The van der Waals surface area contributed by atoms with Gasteiger partial charge in [-0.15, -0.1) is 0 Å². The zero-order valence-electron chi connectivity index (χ0n) is 12.3. The lowest BCUT2D eigenvalue weighted by Gasteiger charge is -2.10. The first kappa shape index (κ1) is 15.8. The summed E-state index contributed by atoms with van der Waals surface area (Å²) < 4.78 is 2.42. The zero-order valence-corrected chi connectivity index (χ0v) is 13.0. The summed E-state index contributed by atoms with van der Waals surface area (Å²) in [5, 5.41) is 21.4. The molecule has 1 amide bonds. The van der Waals surface area contributed by atoms with Crippen molar-refractivity contribution in [2.45, 2.75) is 0 Å². The van der Waals surface area contributed by atoms with Gasteiger partial charge in [-0.05, 0) is 18.2 Å². The molecule has 10 heteroatoms. The lowest BCUT2D eigenvalue weighted by atomic mass is 10.2. The maximum Gasteiger partial charge on any atom is 0.322 e. The van der Waals surface area contributed by atoms with Crippen molar-refractivity contribution in [2.24, 2.45) is 7.05 Å². The molecule has 9 nitrogen and oxygen atoms in total. The molecule has 0 spiro atoms. The number of aryl methyl sites for hydroxylation is 1. The maximum atomic E-state index is 12.4. The first-order valence-corrected chi connectivity index (χ1v) is 7.09. The molecule has 0 radical (unpaired) electrons. The average Bonchev–Trinajstić information content (AvgIpc) is 2.90. The summed E-state index contributed by atoms with van der Waals surface area (Å²) in [5.41, 5.74) is -0.456. The number of carbonyl (C=O) groups excluding carboxylic acids is 1. The summed E-state index contributed by atoms with van der Waals surface area (Å²) in [7, 11) is 1.39. The number of aromatic nitrogens is 3. The summed E-state index contributed by atoms with van der Waals surface area (Å²) in [6.45, 7) is -0.682. The number of aromatic hydroxyl groups is 1. The lowest BCUT2D eigenvalue weighted by Crippen LogP contribution is -2.36. The molecule has 0 aliphatic heterocycles. The van der Waals surface area contributed by atoms with Crippen LogP contribution in [0.5, 0.6) is 5.75 Å². The normalized spacial score (nSPS) is 11.1. The molecular weight excluding hydrogens is 340 g/mol. The molecule has 0 fully saturated rings. The van der Waals surface area contributed by atoms with Crippen molar-refractivity contribution in [3.63, 3.8) is 0 Å². The molecule has 0 aliphatic carbocycles. The van der Waals surface area contributed by atoms with E-state index in [1.54, 1.807) is 18.2 Å². The highest BCUT2D eigenvalue weighted by Gasteiger charge is 2.24. The van der Waals surface area contributed by atoms with Crippen LogP contribution in [-0.2, 0) is 11.8 Å². The molecular formula is C14H11ClN4O5. The van der Waals surface area contributed by atoms with E-state index >= 15 is 0 Å². The first-order chi connectivity index (χ1) is 11.3. The van der Waals surface area contributed by atoms with Gasteiger partial charge in [-0.3, -0.25) is 14.4 Å². The van der Waals surface area contributed by atoms with Crippen molar-refractivity contribution in [3.8, 4) is 5.75 Å². The molecule has 24 heavy (non-hydrogen) atoms. The second-order valence-electron chi connectivity index (χ2n) is 5.01. The van der Waals surface area contributed by atoms with Crippen LogP contribution in [0.4, 0.5) is 0 Å². The van der Waals surface area contributed by atoms with E-state index in [2.05, 4.69) is 4.98 Å². The maximum absolute atomic E-state index is 12.4. The number of hydrogen-bond acceptors (Lipinski definition) is 5. The van der Waals surface area contributed by atoms with Crippen molar-refractivity contribution in [2.75, 3.05) is 6.54 Å². The van der Waals surface area contributed by atoms with Gasteiger partial charge in [0.25, 0.3) is 11.5 Å². The largest absolute Gasteiger partial charge is 0.504 e. The summed E-state index contributed by atoms with van der Waals surface area (Å²) in [5.74, 6) is -2.90. The van der Waals surface area contributed by atoms with E-state index in [4.69, 9.17) is 16.7 Å². The van der Waals surface area contributed by atoms with Crippen LogP contribution in [0.1, 0.15) is 10.4 Å². The van der Waals surface area contributed by atoms with Crippen LogP contribution >= 0.6 is 11.6 Å². The Balaban J connectivity index is 2.30. The van der Waals surface area contributed by atoms with E-state index in [9.17, 15) is 19.5 Å². The number of halogens is 1. The van der Waals surface area contributed by atoms with Crippen LogP contribution in [0.2, 0.25) is 5.02 Å². The molecule has 124 valence electrons. The number of carboxylic acid groups (broad SMARTS) is 1. The number of fused-ring (bicyclic) bond motifs is 3. The fourth-order valence-electron chi connectivity index (χ4n) is 2.41. The summed E-state index contributed by atoms with van der Waals surface area (Å²) >= 11 is 5.95. The Bertz CT molecular complexity index is 1070. The third-order valence-corrected chi connectivity index (χ3v) is 3.71. The molecule has 0 atom stereocenters. The SMILES string of the molecule is Cn1c(=O)c(C(=O)NCC(=O)O)c(O)c2nc3ccc(Cl)cc3n21. The van der Waals surface area contributed by atoms with Gasteiger partial charge in [0.05, 0.1) is 11.0 Å². The minimum Gasteiger partial charge on any atom is -0.504 e. The summed E-state index contributed by atoms with van der Waals surface area (Å²) in [4.78, 5) is 39.2. The molecule has 3 N–H and O–H groups in total. The monoisotopic (exact) mass is 350 g/mol. The Hall–Kier alpha value is -3.07. The molecule has 0 unspecified atom stereocenters. The average molecular weight is 351 g/mol. The molecule has 0 bridgehead atoms. The molecule has 0 saturated carbocycles. The number of carbonyl (C=O) groups is 2. The number of nitrogens with one attached hydrogen (secondary N) is 1. The predicted molar refractivity (Wildman–Crippen MR) is 84.6 cm³/mol. The second kappa shape index (κ2) is 5.53. The van der Waals surface area contributed by atoms with E-state index in [0.717, 1.165) is 4.68 Å². The first-order valence-electron chi connectivity index (χ1n) is 6.71. The van der Waals surface area contributed by atoms with E-state index < -0.39 is 35.3 Å². The third-order valence-electron chi connectivity index (χ3n) is 3.48. The number of rotatable bonds is 3. The number of benzene rings is 1. The molecule has 1 aromatic carbocycles. The van der Waals surface area contributed by atoms with Crippen molar-refractivity contribution < 1.29 is 19.8 Å². The Kier molecular flexibility index (Phi) is 3.64. The highest BCUT2D eigenvalue weighted by Crippen LogP contribution is 2.26. The van der Waals surface area contributed by atoms with Crippen molar-refractivity contribution in [1.29, 1.82) is 0 Å². The minimum absolute atomic E-state index is 0.0187. The van der Waals surface area contributed by atoms with E-state index in [1.165, 1.54) is 11.6 Å². The van der Waals surface area contributed by atoms with Gasteiger partial charge in [0, 0.05) is 12.1 Å². The Morgan fingerprint density at radius 2 is 2.08 bits per heavy atom. The molecule has 3 aromatic rings. The highest BCUT2D eigenvalue weighted by atomic mass is 35.5. The second-order valence-corrected chi connectivity index (χ2v) is 5.45. The number of imidazole rings is 1. The molecule has 2 aromatic heterocycles. The van der Waals surface area contributed by atoms with E-state index in [0.29, 0.717) is 16.1 Å². The number of nitrogens with zero attached hydrogens (tertiary/aromatic N) is 3. The third kappa shape index (κ3) is 2.35. The lowest BCUT2D eigenvalue weighted by molar-refractivity contribution is -0.135. The van der Waals surface area contributed by atoms with Gasteiger partial charge in [0.1, 0.15) is 6.54 Å². The van der Waals surface area contributed by atoms with Crippen LogP contribution in [0.15, 0.2) is 23.0 Å². The van der Waals surface area contributed by atoms with Crippen LogP contribution in [0.3, 0.4) is 0 Å². The quantitative estimate of drug-likeness (QED) is 0.626. The van der Waals surface area contributed by atoms with Gasteiger partial charge >= 0.3 is 5.97 Å². The van der Waals surface area contributed by atoms with Gasteiger partial charge in [0.15, 0.2) is 17.0 Å². The van der Waals surface area contributed by atoms with Gasteiger partial charge in [-0.1, -0.05) is 11.6 Å². The molecule has 0 saturated heterocycles. The summed E-state index contributed by atoms with van der Waals surface area (Å²) in [6.07, 6.45) is 0. The van der Waals surface area contributed by atoms with Gasteiger partial charge < -0.3 is 15.5 Å². The molecule has 3 rings (SSSR count). The zero-order chi connectivity index (χ0) is 17.6. The van der Waals surface area contributed by atoms with Crippen molar-refractivity contribution in [3.05, 3.63) is 39.1 Å². The Labute approximate surface area is 138 Å². The van der Waals surface area contributed by atoms with Gasteiger partial charge in [-0.25, -0.2) is 14.2 Å². The molecule has 0 aliphatic rings. The number of amides is 1. The van der Waals surface area contributed by atoms with Crippen LogP contribution < -0.4 is 10.9 Å². The standard InChI is InChI=1S/C14H11ClN4O5/c1-18-14(24)10(13(23)16-5-9(20)21)11(22)12-17-7-3-2-6(15)4-8(7)19(12)18/h2-4,22H,5H2,1H3,(H,16,23)(H,20,21). The van der Waals surface area contributed by atoms with Crippen LogP contribution in [0.25, 0.3) is 16.7 Å². The summed E-state index contributed by atoms with van der Waals surface area (Å²) in [6, 6.07) is 4.78. The van der Waals surface area contributed by atoms with E-state index in [-0.39, 0.29) is 5.65 Å². The van der Waals surface area contributed by atoms with Crippen molar-refractivity contribution in [1.82, 2.24) is 19.5 Å². The van der Waals surface area contributed by atoms with Crippen LogP contribution in [-0.4, -0.2) is 42.8 Å². The smallest absolute Gasteiger partial charge is 0.322 e. The highest BCUT2D eigenvalue weighted by molar-refractivity contribution is 6.31. The van der Waals surface area contributed by atoms with Gasteiger partial charge in [-0.2, -0.15) is 0 Å². The topological polar surface area (TPSA) is 126 Å². The van der Waals surface area contributed by atoms with Gasteiger partial charge in [0.2, 0.25) is 0 Å². The number of hydrogen-bond donors (Lipinski definition) is 3. The molecule has 2 heterocycles. The Morgan fingerprint density at radius 1 is 1.38 bits per heavy atom. The Morgan fingerprint density at radius 3 is 2.75 bits per heavy atom. The fraction of sp³-hybridized carbons (Fsp3) is 0.143. The fourth-order valence-corrected chi connectivity index (χ4v) is 2.57. The number of aliphatic carboxylic acids is 1. The van der Waals surface area contributed by atoms with Crippen molar-refractivity contribution >= 4 is 40.2 Å². The number of carboxylic acids is 1. The minimum atomic E-state index is -1.28. The van der Waals surface area contributed by atoms with Crippen LogP contribution in [0, 0.1) is 0 Å².